The second kappa shape index (κ2) is 12.1. The van der Waals surface area contributed by atoms with E-state index in [1.807, 2.05) is 19.1 Å². The van der Waals surface area contributed by atoms with Crippen molar-refractivity contribution in [1.29, 1.82) is 0 Å². The molecule has 0 amide bonds. The van der Waals surface area contributed by atoms with Gasteiger partial charge in [0.2, 0.25) is 5.75 Å². The largest absolute Gasteiger partial charge is 0.493 e. The summed E-state index contributed by atoms with van der Waals surface area (Å²) in [6.07, 6.45) is 0. The zero-order chi connectivity index (χ0) is 20.6. The summed E-state index contributed by atoms with van der Waals surface area (Å²) in [7, 11) is 5.02. The van der Waals surface area contributed by atoms with Crippen molar-refractivity contribution in [3.63, 3.8) is 0 Å². The Morgan fingerprint density at radius 3 is 2.28 bits per heavy atom. The number of hydrogen-bond donors (Lipinski definition) is 2. The number of rotatable bonds is 9. The van der Waals surface area contributed by atoms with Gasteiger partial charge in [-0.2, -0.15) is 0 Å². The topological polar surface area (TPSA) is 64.1 Å². The number of halogens is 1. The number of benzene rings is 1. The van der Waals surface area contributed by atoms with Gasteiger partial charge in [0.25, 0.3) is 0 Å². The average Bonchev–Trinajstić information content (AvgIpc) is 3.24. The zero-order valence-corrected chi connectivity index (χ0v) is 21.1. The molecule has 1 aromatic heterocycles. The lowest BCUT2D eigenvalue weighted by Crippen LogP contribution is -2.42. The van der Waals surface area contributed by atoms with E-state index in [9.17, 15) is 0 Å². The van der Waals surface area contributed by atoms with Gasteiger partial charge in [-0.3, -0.25) is 4.99 Å². The molecule has 1 aromatic carbocycles. The first kappa shape index (κ1) is 25.4. The highest BCUT2D eigenvalue weighted by Crippen LogP contribution is 2.38. The number of guanidine groups is 1. The lowest BCUT2D eigenvalue weighted by molar-refractivity contribution is 0.288. The molecule has 8 heteroatoms. The molecule has 0 unspecified atom stereocenters. The van der Waals surface area contributed by atoms with Crippen LogP contribution in [-0.2, 0) is 12.0 Å². The van der Waals surface area contributed by atoms with Gasteiger partial charge < -0.3 is 24.8 Å². The third-order valence-electron chi connectivity index (χ3n) is 4.38. The maximum absolute atomic E-state index is 5.66. The Kier molecular flexibility index (Phi) is 10.6. The quantitative estimate of drug-likeness (QED) is 0.284. The summed E-state index contributed by atoms with van der Waals surface area (Å²) < 4.78 is 16.6. The lowest BCUT2D eigenvalue weighted by Gasteiger charge is -2.25. The van der Waals surface area contributed by atoms with E-state index in [4.69, 9.17) is 14.2 Å². The fraction of sp³-hybridized carbons (Fsp3) is 0.476. The lowest BCUT2D eigenvalue weighted by atomic mass is 9.91. The number of thiophene rings is 1. The Bertz CT molecular complexity index is 754. The van der Waals surface area contributed by atoms with Gasteiger partial charge in [0.05, 0.1) is 20.8 Å². The third-order valence-corrected chi connectivity index (χ3v) is 5.61. The van der Waals surface area contributed by atoms with Crippen LogP contribution in [0.3, 0.4) is 0 Å². The molecule has 1 heterocycles. The molecule has 0 saturated heterocycles. The highest BCUT2D eigenvalue weighted by Gasteiger charge is 2.22. The monoisotopic (exact) mass is 533 g/mol. The highest BCUT2D eigenvalue weighted by molar-refractivity contribution is 14.0. The van der Waals surface area contributed by atoms with E-state index >= 15 is 0 Å². The maximum atomic E-state index is 5.66. The molecule has 0 fully saturated rings. The number of ether oxygens (including phenoxy) is 3. The number of nitrogens with one attached hydrogen (secondary N) is 2. The van der Waals surface area contributed by atoms with Crippen molar-refractivity contribution in [2.45, 2.75) is 32.7 Å². The summed E-state index contributed by atoms with van der Waals surface area (Å²) in [5, 5.41) is 8.87. The Morgan fingerprint density at radius 2 is 1.79 bits per heavy atom. The molecule has 0 spiro atoms. The van der Waals surface area contributed by atoms with Crippen molar-refractivity contribution >= 4 is 41.3 Å². The molecule has 0 aliphatic carbocycles. The average molecular weight is 533 g/mol. The minimum absolute atomic E-state index is 0. The van der Waals surface area contributed by atoms with Gasteiger partial charge in [-0.05, 0) is 36.1 Å². The molecule has 0 atom stereocenters. The first-order valence-corrected chi connectivity index (χ1v) is 10.2. The molecule has 6 nitrogen and oxygen atoms in total. The maximum Gasteiger partial charge on any atom is 0.203 e. The first-order valence-electron chi connectivity index (χ1n) is 9.31. The molecule has 2 aromatic rings. The summed E-state index contributed by atoms with van der Waals surface area (Å²) >= 11 is 1.77. The molecule has 0 bridgehead atoms. The number of hydrogen-bond acceptors (Lipinski definition) is 5. The van der Waals surface area contributed by atoms with Gasteiger partial charge >= 0.3 is 0 Å². The second-order valence-electron chi connectivity index (χ2n) is 6.90. The predicted molar refractivity (Wildman–Crippen MR) is 132 cm³/mol. The molecule has 0 saturated carbocycles. The van der Waals surface area contributed by atoms with Crippen molar-refractivity contribution in [3.05, 3.63) is 40.1 Å². The van der Waals surface area contributed by atoms with Gasteiger partial charge in [-0.25, -0.2) is 0 Å². The van der Waals surface area contributed by atoms with E-state index in [-0.39, 0.29) is 29.4 Å². The van der Waals surface area contributed by atoms with Crippen LogP contribution in [-0.4, -0.2) is 40.4 Å². The predicted octanol–water partition coefficient (Wildman–Crippen LogP) is 4.42. The molecule has 0 aliphatic rings. The fourth-order valence-corrected chi connectivity index (χ4v) is 3.64. The van der Waals surface area contributed by atoms with Crippen molar-refractivity contribution in [2.24, 2.45) is 4.99 Å². The van der Waals surface area contributed by atoms with E-state index in [1.165, 1.54) is 4.88 Å². The van der Waals surface area contributed by atoms with E-state index < -0.39 is 0 Å². The Morgan fingerprint density at radius 1 is 1.14 bits per heavy atom. The smallest absolute Gasteiger partial charge is 0.203 e. The normalized spacial score (nSPS) is 11.4. The highest BCUT2D eigenvalue weighted by atomic mass is 127. The van der Waals surface area contributed by atoms with Crippen LogP contribution in [0.4, 0.5) is 0 Å². The van der Waals surface area contributed by atoms with E-state index in [2.05, 4.69) is 47.0 Å². The summed E-state index contributed by atoms with van der Waals surface area (Å²) in [6, 6.07) is 8.15. The summed E-state index contributed by atoms with van der Waals surface area (Å²) in [6.45, 7) is 8.28. The van der Waals surface area contributed by atoms with Crippen LogP contribution in [0.2, 0.25) is 0 Å². The number of nitrogens with zero attached hydrogens (tertiary/aromatic N) is 1. The summed E-state index contributed by atoms with van der Waals surface area (Å²) in [5.41, 5.74) is 1.04. The van der Waals surface area contributed by atoms with Gasteiger partial charge in [0, 0.05) is 30.4 Å². The minimum atomic E-state index is 0. The summed E-state index contributed by atoms with van der Waals surface area (Å²) in [5.74, 6) is 2.67. The number of methoxy groups -OCH3 is 2. The Labute approximate surface area is 195 Å². The van der Waals surface area contributed by atoms with Crippen LogP contribution in [0.25, 0.3) is 0 Å². The van der Waals surface area contributed by atoms with Crippen molar-refractivity contribution in [3.8, 4) is 17.2 Å². The van der Waals surface area contributed by atoms with Crippen LogP contribution in [0.1, 0.15) is 31.2 Å². The van der Waals surface area contributed by atoms with Crippen LogP contribution >= 0.6 is 35.3 Å². The minimum Gasteiger partial charge on any atom is -0.493 e. The van der Waals surface area contributed by atoms with Crippen molar-refractivity contribution in [1.82, 2.24) is 10.6 Å². The van der Waals surface area contributed by atoms with Gasteiger partial charge in [0.15, 0.2) is 17.5 Å². The van der Waals surface area contributed by atoms with Gasteiger partial charge in [-0.1, -0.05) is 19.9 Å². The van der Waals surface area contributed by atoms with Crippen LogP contribution in [0.5, 0.6) is 17.2 Å². The van der Waals surface area contributed by atoms with Crippen molar-refractivity contribution in [2.75, 3.05) is 34.4 Å². The Hall–Kier alpha value is -1.68. The van der Waals surface area contributed by atoms with Crippen LogP contribution in [0.15, 0.2) is 34.6 Å². The molecule has 0 aliphatic heterocycles. The zero-order valence-electron chi connectivity index (χ0n) is 18.0. The Balaban J connectivity index is 0.00000420. The molecule has 162 valence electrons. The fourth-order valence-electron chi connectivity index (χ4n) is 2.78. The molecule has 29 heavy (non-hydrogen) atoms. The molecule has 2 rings (SSSR count). The van der Waals surface area contributed by atoms with Gasteiger partial charge in [0.1, 0.15) is 0 Å². The van der Waals surface area contributed by atoms with Crippen LogP contribution < -0.4 is 24.8 Å². The SMILES string of the molecule is CCOc1c(OC)cc(CNC(=NC)NCC(C)(C)c2cccs2)cc1OC.I. The third kappa shape index (κ3) is 6.95. The van der Waals surface area contributed by atoms with E-state index in [0.29, 0.717) is 30.4 Å². The molecule has 2 N–H and O–H groups in total. The molecule has 0 radical (unpaired) electrons. The molecular weight excluding hydrogens is 501 g/mol. The van der Waals surface area contributed by atoms with Gasteiger partial charge in [-0.15, -0.1) is 35.3 Å². The van der Waals surface area contributed by atoms with E-state index in [1.54, 1.807) is 32.6 Å². The first-order chi connectivity index (χ1) is 13.4. The van der Waals surface area contributed by atoms with Crippen molar-refractivity contribution < 1.29 is 14.2 Å². The summed E-state index contributed by atoms with van der Waals surface area (Å²) in [4.78, 5) is 5.67. The van der Waals surface area contributed by atoms with E-state index in [0.717, 1.165) is 18.1 Å². The second-order valence-corrected chi connectivity index (χ2v) is 7.85. The molecular formula is C21H32IN3O3S. The van der Waals surface area contributed by atoms with Crippen LogP contribution in [0, 0.1) is 0 Å². The number of aliphatic imine (C=N–C) groups is 1. The standard InChI is InChI=1S/C21H31N3O3S.HI/c1-7-27-19-16(25-5)11-15(12-17(19)26-6)13-23-20(22-4)24-14-21(2,3)18-9-8-10-28-18;/h8-12H,7,13-14H2,1-6H3,(H2,22,23,24);1H.